The van der Waals surface area contributed by atoms with E-state index < -0.39 is 0 Å². The highest BCUT2D eigenvalue weighted by atomic mass is 16.3. The van der Waals surface area contributed by atoms with Crippen LogP contribution in [-0.2, 0) is 13.1 Å². The molecule has 0 aliphatic rings. The van der Waals surface area contributed by atoms with E-state index in [1.165, 1.54) is 12.0 Å². The first-order valence-electron chi connectivity index (χ1n) is 7.53. The van der Waals surface area contributed by atoms with Crippen molar-refractivity contribution in [1.29, 1.82) is 0 Å². The first kappa shape index (κ1) is 17.2. The molecule has 1 N–H and O–H groups in total. The third-order valence-corrected chi connectivity index (χ3v) is 3.31. The zero-order valence-corrected chi connectivity index (χ0v) is 14.0. The van der Waals surface area contributed by atoms with E-state index in [0.29, 0.717) is 6.04 Å². The summed E-state index contributed by atoms with van der Waals surface area (Å²) in [6.07, 6.45) is 1.19. The number of furan rings is 1. The van der Waals surface area contributed by atoms with Gasteiger partial charge in [0.1, 0.15) is 11.5 Å². The van der Waals surface area contributed by atoms with Crippen molar-refractivity contribution < 1.29 is 4.42 Å². The minimum atomic E-state index is 0.483. The summed E-state index contributed by atoms with van der Waals surface area (Å²) in [6.45, 7) is 10.3. The number of hydrogen-bond acceptors (Lipinski definition) is 4. The van der Waals surface area contributed by atoms with Crippen molar-refractivity contribution in [3.05, 3.63) is 23.2 Å². The largest absolute Gasteiger partial charge is 0.463 e. The first-order valence-corrected chi connectivity index (χ1v) is 7.53. The molecule has 4 heteroatoms. The van der Waals surface area contributed by atoms with E-state index >= 15 is 0 Å². The van der Waals surface area contributed by atoms with Crippen molar-refractivity contribution in [2.24, 2.45) is 0 Å². The average Bonchev–Trinajstić information content (AvgIpc) is 2.66. The standard InChI is InChI=1S/C16H31N3O/c1-13(2)17-11-16-14(3)10-15(20-16)12-19(6)9-7-8-18(4)5/h10,13,17H,7-9,11-12H2,1-6H3. The van der Waals surface area contributed by atoms with Crippen LogP contribution in [0.3, 0.4) is 0 Å². The molecule has 116 valence electrons. The molecule has 0 aliphatic heterocycles. The van der Waals surface area contributed by atoms with Crippen LogP contribution in [0.5, 0.6) is 0 Å². The predicted octanol–water partition coefficient (Wildman–Crippen LogP) is 2.47. The highest BCUT2D eigenvalue weighted by Crippen LogP contribution is 2.16. The fourth-order valence-electron chi connectivity index (χ4n) is 2.14. The van der Waals surface area contributed by atoms with E-state index in [9.17, 15) is 0 Å². The Morgan fingerprint density at radius 3 is 2.50 bits per heavy atom. The molecule has 0 radical (unpaired) electrons. The molecule has 4 nitrogen and oxygen atoms in total. The maximum Gasteiger partial charge on any atom is 0.120 e. The molecule has 0 aliphatic carbocycles. The van der Waals surface area contributed by atoms with Gasteiger partial charge in [-0.15, -0.1) is 0 Å². The van der Waals surface area contributed by atoms with Crippen LogP contribution < -0.4 is 5.32 Å². The zero-order chi connectivity index (χ0) is 15.1. The van der Waals surface area contributed by atoms with E-state index in [1.807, 2.05) is 0 Å². The quantitative estimate of drug-likeness (QED) is 0.753. The van der Waals surface area contributed by atoms with Crippen LogP contribution >= 0.6 is 0 Å². The van der Waals surface area contributed by atoms with Crippen molar-refractivity contribution in [3.63, 3.8) is 0 Å². The smallest absolute Gasteiger partial charge is 0.120 e. The number of hydrogen-bond donors (Lipinski definition) is 1. The Bertz CT molecular complexity index is 385. The van der Waals surface area contributed by atoms with Gasteiger partial charge in [-0.1, -0.05) is 13.8 Å². The summed E-state index contributed by atoms with van der Waals surface area (Å²) in [5.74, 6) is 2.13. The van der Waals surface area contributed by atoms with Gasteiger partial charge in [0.15, 0.2) is 0 Å². The molecule has 0 saturated carbocycles. The highest BCUT2D eigenvalue weighted by molar-refractivity contribution is 5.20. The summed E-state index contributed by atoms with van der Waals surface area (Å²) in [4.78, 5) is 4.54. The van der Waals surface area contributed by atoms with E-state index in [0.717, 1.165) is 37.7 Å². The van der Waals surface area contributed by atoms with Gasteiger partial charge in [0.05, 0.1) is 13.1 Å². The van der Waals surface area contributed by atoms with E-state index in [4.69, 9.17) is 4.42 Å². The fraction of sp³-hybridized carbons (Fsp3) is 0.750. The van der Waals surface area contributed by atoms with Crippen molar-refractivity contribution in [2.75, 3.05) is 34.2 Å². The summed E-state index contributed by atoms with van der Waals surface area (Å²) >= 11 is 0. The van der Waals surface area contributed by atoms with Crippen LogP contribution in [0, 0.1) is 6.92 Å². The second-order valence-corrected chi connectivity index (χ2v) is 6.25. The molecule has 0 fully saturated rings. The molecule has 1 aromatic heterocycles. The first-order chi connectivity index (χ1) is 9.38. The topological polar surface area (TPSA) is 31.6 Å². The monoisotopic (exact) mass is 281 g/mol. The van der Waals surface area contributed by atoms with E-state index in [-0.39, 0.29) is 0 Å². The van der Waals surface area contributed by atoms with Crippen LogP contribution in [0.1, 0.15) is 37.4 Å². The summed E-state index contributed by atoms with van der Waals surface area (Å²) in [7, 11) is 6.38. The Morgan fingerprint density at radius 2 is 1.90 bits per heavy atom. The Hall–Kier alpha value is -0.840. The molecule has 0 saturated heterocycles. The van der Waals surface area contributed by atoms with Crippen LogP contribution in [0.15, 0.2) is 10.5 Å². The number of rotatable bonds is 9. The maximum absolute atomic E-state index is 5.95. The molecule has 1 rings (SSSR count). The molecule has 0 bridgehead atoms. The highest BCUT2D eigenvalue weighted by Gasteiger charge is 2.10. The van der Waals surface area contributed by atoms with Gasteiger partial charge in [-0.2, -0.15) is 0 Å². The Kier molecular flexibility index (Phi) is 7.27. The van der Waals surface area contributed by atoms with Gasteiger partial charge in [0.25, 0.3) is 0 Å². The van der Waals surface area contributed by atoms with E-state index in [1.54, 1.807) is 0 Å². The summed E-state index contributed by atoms with van der Waals surface area (Å²) in [5, 5.41) is 3.40. The normalized spacial score (nSPS) is 12.1. The predicted molar refractivity (Wildman–Crippen MR) is 84.9 cm³/mol. The molecule has 1 heterocycles. The average molecular weight is 281 g/mol. The third kappa shape index (κ3) is 6.55. The third-order valence-electron chi connectivity index (χ3n) is 3.31. The lowest BCUT2D eigenvalue weighted by Crippen LogP contribution is -2.23. The minimum absolute atomic E-state index is 0.483. The Labute approximate surface area is 124 Å². The lowest BCUT2D eigenvalue weighted by Gasteiger charge is -2.16. The summed E-state index contributed by atoms with van der Waals surface area (Å²) in [5.41, 5.74) is 1.25. The maximum atomic E-state index is 5.95. The van der Waals surface area contributed by atoms with Gasteiger partial charge in [-0.25, -0.2) is 0 Å². The molecular formula is C16H31N3O. The van der Waals surface area contributed by atoms with Crippen molar-refractivity contribution >= 4 is 0 Å². The lowest BCUT2D eigenvalue weighted by molar-refractivity contribution is 0.269. The molecule has 0 unspecified atom stereocenters. The molecular weight excluding hydrogens is 250 g/mol. The van der Waals surface area contributed by atoms with Gasteiger partial charge >= 0.3 is 0 Å². The molecule has 0 amide bonds. The van der Waals surface area contributed by atoms with Gasteiger partial charge in [0, 0.05) is 6.04 Å². The molecule has 0 spiro atoms. The fourth-order valence-corrected chi connectivity index (χ4v) is 2.14. The van der Waals surface area contributed by atoms with Crippen molar-refractivity contribution in [3.8, 4) is 0 Å². The lowest BCUT2D eigenvalue weighted by atomic mass is 10.2. The van der Waals surface area contributed by atoms with Crippen LogP contribution in [0.2, 0.25) is 0 Å². The molecule has 20 heavy (non-hydrogen) atoms. The Morgan fingerprint density at radius 1 is 1.20 bits per heavy atom. The summed E-state index contributed by atoms with van der Waals surface area (Å²) < 4.78 is 5.95. The molecule has 1 aromatic rings. The number of nitrogens with one attached hydrogen (secondary N) is 1. The van der Waals surface area contributed by atoms with Crippen molar-refractivity contribution in [1.82, 2.24) is 15.1 Å². The van der Waals surface area contributed by atoms with E-state index in [2.05, 4.69) is 63.1 Å². The van der Waals surface area contributed by atoms with Gasteiger partial charge in [-0.05, 0) is 59.2 Å². The zero-order valence-electron chi connectivity index (χ0n) is 14.0. The van der Waals surface area contributed by atoms with Crippen molar-refractivity contribution in [2.45, 2.75) is 46.3 Å². The van der Waals surface area contributed by atoms with Crippen LogP contribution in [0.4, 0.5) is 0 Å². The van der Waals surface area contributed by atoms with Gasteiger partial charge in [-0.3, -0.25) is 4.90 Å². The number of nitrogens with zero attached hydrogens (tertiary/aromatic N) is 2. The second kappa shape index (κ2) is 8.45. The Balaban J connectivity index is 2.41. The summed E-state index contributed by atoms with van der Waals surface area (Å²) in [6, 6.07) is 2.65. The minimum Gasteiger partial charge on any atom is -0.463 e. The van der Waals surface area contributed by atoms with Crippen LogP contribution in [-0.4, -0.2) is 50.1 Å². The molecule has 0 atom stereocenters. The SMILES string of the molecule is Cc1cc(CN(C)CCCN(C)C)oc1CNC(C)C. The second-order valence-electron chi connectivity index (χ2n) is 6.25. The molecule has 0 aromatic carbocycles. The number of aryl methyl sites for hydroxylation is 1. The van der Waals surface area contributed by atoms with Gasteiger partial charge < -0.3 is 14.6 Å². The van der Waals surface area contributed by atoms with Crippen LogP contribution in [0.25, 0.3) is 0 Å². The van der Waals surface area contributed by atoms with Gasteiger partial charge in [0.2, 0.25) is 0 Å².